The SMILES string of the molecule is Cc1ccc(-c2nc(CC(=O)NCC3NCCc4ccccc43)cs2)o1. The van der Waals surface area contributed by atoms with Crippen LogP contribution in [0.25, 0.3) is 10.8 Å². The Bertz CT molecular complexity index is 915. The van der Waals surface area contributed by atoms with Gasteiger partial charge in [0.25, 0.3) is 0 Å². The molecule has 1 amide bonds. The Kier molecular flexibility index (Phi) is 4.86. The molecule has 3 heterocycles. The summed E-state index contributed by atoms with van der Waals surface area (Å²) in [5.41, 5.74) is 3.42. The van der Waals surface area contributed by atoms with Gasteiger partial charge >= 0.3 is 0 Å². The molecule has 2 aromatic heterocycles. The van der Waals surface area contributed by atoms with E-state index < -0.39 is 0 Å². The smallest absolute Gasteiger partial charge is 0.226 e. The molecule has 3 aromatic rings. The second-order valence-electron chi connectivity index (χ2n) is 6.49. The highest BCUT2D eigenvalue weighted by molar-refractivity contribution is 7.13. The minimum atomic E-state index is -0.0117. The minimum absolute atomic E-state index is 0.0117. The van der Waals surface area contributed by atoms with E-state index in [0.29, 0.717) is 6.54 Å². The van der Waals surface area contributed by atoms with Crippen LogP contribution < -0.4 is 10.6 Å². The molecule has 0 saturated heterocycles. The summed E-state index contributed by atoms with van der Waals surface area (Å²) in [6.45, 7) is 3.43. The third kappa shape index (κ3) is 3.71. The van der Waals surface area contributed by atoms with Crippen LogP contribution in [-0.2, 0) is 17.6 Å². The predicted octanol–water partition coefficient (Wildman–Crippen LogP) is 3.26. The highest BCUT2D eigenvalue weighted by Gasteiger charge is 2.20. The summed E-state index contributed by atoms with van der Waals surface area (Å²) >= 11 is 1.50. The van der Waals surface area contributed by atoms with Gasteiger partial charge in [-0.15, -0.1) is 11.3 Å². The van der Waals surface area contributed by atoms with Crippen LogP contribution >= 0.6 is 11.3 Å². The van der Waals surface area contributed by atoms with Gasteiger partial charge in [-0.1, -0.05) is 24.3 Å². The molecular formula is C20H21N3O2S. The first-order valence-corrected chi connectivity index (χ1v) is 9.66. The average Bonchev–Trinajstić information content (AvgIpc) is 3.29. The standard InChI is InChI=1S/C20H21N3O2S/c1-13-6-7-18(25-13)20-23-15(12-26-20)10-19(24)22-11-17-16-5-3-2-4-14(16)8-9-21-17/h2-7,12,17,21H,8-11H2,1H3,(H,22,24). The zero-order valence-electron chi connectivity index (χ0n) is 14.6. The monoisotopic (exact) mass is 367 g/mol. The Labute approximate surface area is 156 Å². The van der Waals surface area contributed by atoms with Gasteiger partial charge in [0.15, 0.2) is 10.8 Å². The number of hydrogen-bond acceptors (Lipinski definition) is 5. The molecule has 1 unspecified atom stereocenters. The average molecular weight is 367 g/mol. The summed E-state index contributed by atoms with van der Waals surface area (Å²) < 4.78 is 5.59. The zero-order valence-corrected chi connectivity index (χ0v) is 15.4. The highest BCUT2D eigenvalue weighted by Crippen LogP contribution is 2.26. The van der Waals surface area contributed by atoms with Crippen molar-refractivity contribution in [2.24, 2.45) is 0 Å². The maximum atomic E-state index is 12.3. The Morgan fingerprint density at radius 2 is 2.23 bits per heavy atom. The quantitative estimate of drug-likeness (QED) is 0.726. The van der Waals surface area contributed by atoms with Crippen molar-refractivity contribution in [1.82, 2.24) is 15.6 Å². The molecule has 0 radical (unpaired) electrons. The van der Waals surface area contributed by atoms with Gasteiger partial charge in [0, 0.05) is 18.0 Å². The van der Waals surface area contributed by atoms with Gasteiger partial charge < -0.3 is 15.1 Å². The van der Waals surface area contributed by atoms with Crippen molar-refractivity contribution in [3.05, 3.63) is 64.4 Å². The molecule has 1 aliphatic rings. The summed E-state index contributed by atoms with van der Waals surface area (Å²) in [7, 11) is 0. The number of benzene rings is 1. The van der Waals surface area contributed by atoms with E-state index in [4.69, 9.17) is 4.42 Å². The maximum absolute atomic E-state index is 12.3. The molecular weight excluding hydrogens is 346 g/mol. The molecule has 0 spiro atoms. The Hall–Kier alpha value is -2.44. The molecule has 1 aliphatic heterocycles. The molecule has 0 saturated carbocycles. The van der Waals surface area contributed by atoms with Crippen LogP contribution in [0.1, 0.15) is 28.6 Å². The lowest BCUT2D eigenvalue weighted by atomic mass is 9.94. The Morgan fingerprint density at radius 3 is 3.08 bits per heavy atom. The number of furan rings is 1. The number of thiazole rings is 1. The van der Waals surface area contributed by atoms with E-state index in [1.807, 2.05) is 30.5 Å². The first-order chi connectivity index (χ1) is 12.7. The van der Waals surface area contributed by atoms with Crippen LogP contribution in [0.3, 0.4) is 0 Å². The number of rotatable bonds is 5. The van der Waals surface area contributed by atoms with Crippen molar-refractivity contribution >= 4 is 17.2 Å². The zero-order chi connectivity index (χ0) is 17.9. The van der Waals surface area contributed by atoms with Crippen molar-refractivity contribution in [2.45, 2.75) is 25.8 Å². The summed E-state index contributed by atoms with van der Waals surface area (Å²) in [6, 6.07) is 12.4. The fourth-order valence-electron chi connectivity index (χ4n) is 3.27. The largest absolute Gasteiger partial charge is 0.459 e. The Balaban J connectivity index is 1.34. The molecule has 0 bridgehead atoms. The van der Waals surface area contributed by atoms with E-state index in [0.717, 1.165) is 35.2 Å². The topological polar surface area (TPSA) is 67.2 Å². The lowest BCUT2D eigenvalue weighted by molar-refractivity contribution is -0.120. The molecule has 134 valence electrons. The van der Waals surface area contributed by atoms with Crippen LogP contribution in [0.5, 0.6) is 0 Å². The molecule has 0 fully saturated rings. The Morgan fingerprint density at radius 1 is 1.35 bits per heavy atom. The molecule has 4 rings (SSSR count). The van der Waals surface area contributed by atoms with Gasteiger partial charge in [-0.25, -0.2) is 4.98 Å². The number of carbonyl (C=O) groups excluding carboxylic acids is 1. The van der Waals surface area contributed by atoms with Crippen molar-refractivity contribution < 1.29 is 9.21 Å². The third-order valence-corrected chi connectivity index (χ3v) is 5.47. The summed E-state index contributed by atoms with van der Waals surface area (Å²) in [5.74, 6) is 1.60. The van der Waals surface area contributed by atoms with Crippen molar-refractivity contribution in [3.63, 3.8) is 0 Å². The van der Waals surface area contributed by atoms with E-state index in [2.05, 4.69) is 33.8 Å². The third-order valence-electron chi connectivity index (χ3n) is 4.56. The molecule has 6 heteroatoms. The van der Waals surface area contributed by atoms with Crippen LogP contribution in [0.4, 0.5) is 0 Å². The van der Waals surface area contributed by atoms with Gasteiger partial charge in [-0.05, 0) is 43.1 Å². The van der Waals surface area contributed by atoms with E-state index in [1.54, 1.807) is 0 Å². The lowest BCUT2D eigenvalue weighted by Gasteiger charge is -2.27. The van der Waals surface area contributed by atoms with Crippen molar-refractivity contribution in [3.8, 4) is 10.8 Å². The second kappa shape index (κ2) is 7.43. The normalized spacial score (nSPS) is 16.3. The minimum Gasteiger partial charge on any atom is -0.459 e. The van der Waals surface area contributed by atoms with Gasteiger partial charge in [0.2, 0.25) is 5.91 Å². The number of aromatic nitrogens is 1. The molecule has 5 nitrogen and oxygen atoms in total. The number of carbonyl (C=O) groups is 1. The molecule has 1 atom stereocenters. The highest BCUT2D eigenvalue weighted by atomic mass is 32.1. The lowest BCUT2D eigenvalue weighted by Crippen LogP contribution is -2.39. The summed E-state index contributed by atoms with van der Waals surface area (Å²) in [4.78, 5) is 16.8. The van der Waals surface area contributed by atoms with Gasteiger partial charge in [0.05, 0.1) is 12.1 Å². The van der Waals surface area contributed by atoms with Crippen molar-refractivity contribution in [1.29, 1.82) is 0 Å². The second-order valence-corrected chi connectivity index (χ2v) is 7.35. The molecule has 0 aliphatic carbocycles. The van der Waals surface area contributed by atoms with Crippen LogP contribution in [-0.4, -0.2) is 24.0 Å². The summed E-state index contributed by atoms with van der Waals surface area (Å²) in [6.07, 6.45) is 1.32. The van der Waals surface area contributed by atoms with Crippen LogP contribution in [0.15, 0.2) is 46.2 Å². The first kappa shape index (κ1) is 17.0. The van der Waals surface area contributed by atoms with Gasteiger partial charge in [-0.2, -0.15) is 0 Å². The maximum Gasteiger partial charge on any atom is 0.226 e. The fourth-order valence-corrected chi connectivity index (χ4v) is 4.05. The van der Waals surface area contributed by atoms with E-state index in [-0.39, 0.29) is 18.4 Å². The van der Waals surface area contributed by atoms with Crippen LogP contribution in [0.2, 0.25) is 0 Å². The van der Waals surface area contributed by atoms with Crippen molar-refractivity contribution in [2.75, 3.05) is 13.1 Å². The molecule has 2 N–H and O–H groups in total. The predicted molar refractivity (Wildman–Crippen MR) is 102 cm³/mol. The van der Waals surface area contributed by atoms with Crippen LogP contribution in [0, 0.1) is 6.92 Å². The molecule has 26 heavy (non-hydrogen) atoms. The summed E-state index contributed by atoms with van der Waals surface area (Å²) in [5, 5.41) is 9.24. The number of aryl methyl sites for hydroxylation is 1. The van der Waals surface area contributed by atoms with E-state index in [9.17, 15) is 4.79 Å². The number of fused-ring (bicyclic) bond motifs is 1. The van der Waals surface area contributed by atoms with Gasteiger partial charge in [-0.3, -0.25) is 4.79 Å². The number of nitrogens with one attached hydrogen (secondary N) is 2. The first-order valence-electron chi connectivity index (χ1n) is 8.78. The van der Waals surface area contributed by atoms with Gasteiger partial charge in [0.1, 0.15) is 5.76 Å². The number of amides is 1. The number of nitrogens with zero attached hydrogens (tertiary/aromatic N) is 1. The van der Waals surface area contributed by atoms with E-state index >= 15 is 0 Å². The number of hydrogen-bond donors (Lipinski definition) is 2. The fraction of sp³-hybridized carbons (Fsp3) is 0.300. The van der Waals surface area contributed by atoms with E-state index in [1.165, 1.54) is 22.5 Å². The molecule has 1 aromatic carbocycles.